The summed E-state index contributed by atoms with van der Waals surface area (Å²) in [5, 5.41) is 3.68. The van der Waals surface area contributed by atoms with Gasteiger partial charge in [-0.15, -0.1) is 0 Å². The molecule has 1 aliphatic rings. The molecule has 1 N–H and O–H groups in total. The molecule has 0 bridgehead atoms. The predicted octanol–water partition coefficient (Wildman–Crippen LogP) is 5.17. The van der Waals surface area contributed by atoms with Crippen LogP contribution < -0.4 is 5.32 Å². The molecule has 0 unspecified atom stereocenters. The fraction of sp³-hybridized carbons (Fsp3) is 0.688. The second-order valence-corrected chi connectivity index (χ2v) is 8.34. The van der Waals surface area contributed by atoms with Crippen LogP contribution in [0.4, 0.5) is 5.69 Å². The average Bonchev–Trinajstić information content (AvgIpc) is 2.18. The van der Waals surface area contributed by atoms with Crippen molar-refractivity contribution >= 4 is 21.6 Å². The lowest BCUT2D eigenvalue weighted by Gasteiger charge is -2.45. The Kier molecular flexibility index (Phi) is 3.97. The maximum absolute atomic E-state index is 4.37. The third-order valence-corrected chi connectivity index (χ3v) is 4.77. The Morgan fingerprint density at radius 2 is 1.79 bits per heavy atom. The van der Waals surface area contributed by atoms with Crippen LogP contribution in [0.5, 0.6) is 0 Å². The summed E-state index contributed by atoms with van der Waals surface area (Å²) in [5.74, 6) is 0. The van der Waals surface area contributed by atoms with Crippen molar-refractivity contribution in [2.45, 2.75) is 59.9 Å². The zero-order valence-electron chi connectivity index (χ0n) is 12.7. The molecule has 1 heterocycles. The van der Waals surface area contributed by atoms with Gasteiger partial charge in [-0.1, -0.05) is 27.7 Å². The van der Waals surface area contributed by atoms with Gasteiger partial charge in [-0.3, -0.25) is 0 Å². The van der Waals surface area contributed by atoms with Crippen LogP contribution in [0.25, 0.3) is 0 Å². The molecular formula is C16H25BrN2. The van der Waals surface area contributed by atoms with Gasteiger partial charge in [-0.25, -0.2) is 4.98 Å². The third-order valence-electron chi connectivity index (χ3n) is 3.94. The Morgan fingerprint density at radius 3 is 2.32 bits per heavy atom. The molecule has 3 heteroatoms. The van der Waals surface area contributed by atoms with Crippen molar-refractivity contribution in [2.24, 2.45) is 10.8 Å². The Morgan fingerprint density at radius 1 is 1.21 bits per heavy atom. The highest BCUT2D eigenvalue weighted by atomic mass is 79.9. The second-order valence-electron chi connectivity index (χ2n) is 7.59. The number of pyridine rings is 1. The summed E-state index contributed by atoms with van der Waals surface area (Å²) in [7, 11) is 0. The minimum Gasteiger partial charge on any atom is -0.381 e. The van der Waals surface area contributed by atoms with Gasteiger partial charge in [0.2, 0.25) is 0 Å². The number of halogens is 1. The fourth-order valence-electron chi connectivity index (χ4n) is 3.82. The first-order valence-corrected chi connectivity index (χ1v) is 7.85. The molecule has 0 amide bonds. The first kappa shape index (κ1) is 14.8. The summed E-state index contributed by atoms with van der Waals surface area (Å²) in [6, 6.07) is 2.72. The van der Waals surface area contributed by atoms with E-state index in [4.69, 9.17) is 0 Å². The number of rotatable bonds is 2. The van der Waals surface area contributed by atoms with E-state index in [0.29, 0.717) is 16.9 Å². The maximum Gasteiger partial charge on any atom is 0.109 e. The zero-order chi connectivity index (χ0) is 14.3. The summed E-state index contributed by atoms with van der Waals surface area (Å²) in [4.78, 5) is 4.37. The number of hydrogen-bond donors (Lipinski definition) is 1. The minimum absolute atomic E-state index is 0.414. The molecule has 106 valence electrons. The van der Waals surface area contributed by atoms with Crippen molar-refractivity contribution in [3.05, 3.63) is 22.4 Å². The van der Waals surface area contributed by atoms with E-state index >= 15 is 0 Å². The van der Waals surface area contributed by atoms with Crippen LogP contribution in [0.15, 0.2) is 16.9 Å². The summed E-state index contributed by atoms with van der Waals surface area (Å²) in [5.41, 5.74) is 3.15. The van der Waals surface area contributed by atoms with E-state index in [2.05, 4.69) is 66.9 Å². The number of hydrogen-bond acceptors (Lipinski definition) is 2. The molecule has 2 nitrogen and oxygen atoms in total. The molecule has 1 aliphatic carbocycles. The quantitative estimate of drug-likeness (QED) is 0.759. The largest absolute Gasteiger partial charge is 0.381 e. The summed E-state index contributed by atoms with van der Waals surface area (Å²) in [6.45, 7) is 11.6. The highest BCUT2D eigenvalue weighted by Gasteiger charge is 2.38. The van der Waals surface area contributed by atoms with Crippen molar-refractivity contribution in [3.8, 4) is 0 Å². The van der Waals surface area contributed by atoms with E-state index in [0.717, 1.165) is 10.3 Å². The van der Waals surface area contributed by atoms with Gasteiger partial charge in [-0.05, 0) is 64.6 Å². The fourth-order valence-corrected chi connectivity index (χ4v) is 4.04. The van der Waals surface area contributed by atoms with Crippen LogP contribution in [-0.2, 0) is 0 Å². The normalized spacial score (nSPS) is 22.2. The van der Waals surface area contributed by atoms with Gasteiger partial charge >= 0.3 is 0 Å². The number of anilines is 1. The Hall–Kier alpha value is -0.570. The van der Waals surface area contributed by atoms with Crippen LogP contribution in [0, 0.1) is 17.8 Å². The van der Waals surface area contributed by atoms with Crippen LogP contribution in [-0.4, -0.2) is 11.0 Å². The van der Waals surface area contributed by atoms with E-state index in [9.17, 15) is 0 Å². The van der Waals surface area contributed by atoms with E-state index < -0.39 is 0 Å². The Bertz CT molecular complexity index is 450. The standard InChI is InChI=1S/C16H25BrN2/c1-11-6-12(9-18-14(11)17)19-13-7-15(2,3)10-16(4,5)8-13/h6,9,13,19H,7-8,10H2,1-5H3. The van der Waals surface area contributed by atoms with Crippen molar-refractivity contribution in [3.63, 3.8) is 0 Å². The zero-order valence-corrected chi connectivity index (χ0v) is 14.3. The minimum atomic E-state index is 0.414. The average molecular weight is 325 g/mol. The van der Waals surface area contributed by atoms with Crippen LogP contribution >= 0.6 is 15.9 Å². The molecule has 2 rings (SSSR count). The molecule has 0 aliphatic heterocycles. The van der Waals surface area contributed by atoms with Gasteiger partial charge in [-0.2, -0.15) is 0 Å². The van der Waals surface area contributed by atoms with E-state index in [1.165, 1.54) is 24.8 Å². The molecule has 0 aromatic carbocycles. The first-order valence-electron chi connectivity index (χ1n) is 7.06. The van der Waals surface area contributed by atoms with Crippen molar-refractivity contribution in [1.82, 2.24) is 4.98 Å². The second kappa shape index (κ2) is 5.08. The molecule has 0 radical (unpaired) electrons. The molecular weight excluding hydrogens is 300 g/mol. The van der Waals surface area contributed by atoms with Gasteiger partial charge in [0, 0.05) is 6.04 Å². The Balaban J connectivity index is 2.11. The molecule has 19 heavy (non-hydrogen) atoms. The van der Waals surface area contributed by atoms with Crippen LogP contribution in [0.3, 0.4) is 0 Å². The smallest absolute Gasteiger partial charge is 0.109 e. The molecule has 1 aromatic heterocycles. The molecule has 1 fully saturated rings. The Labute approximate surface area is 125 Å². The van der Waals surface area contributed by atoms with Gasteiger partial charge in [0.25, 0.3) is 0 Å². The lowest BCUT2D eigenvalue weighted by molar-refractivity contribution is 0.105. The van der Waals surface area contributed by atoms with Crippen molar-refractivity contribution in [1.29, 1.82) is 0 Å². The highest BCUT2D eigenvalue weighted by Crippen LogP contribution is 2.46. The summed E-state index contributed by atoms with van der Waals surface area (Å²) < 4.78 is 0.933. The number of aromatic nitrogens is 1. The van der Waals surface area contributed by atoms with Crippen LogP contribution in [0.2, 0.25) is 0 Å². The molecule has 1 aromatic rings. The topological polar surface area (TPSA) is 24.9 Å². The van der Waals surface area contributed by atoms with Gasteiger partial charge < -0.3 is 5.32 Å². The molecule has 0 saturated heterocycles. The first-order chi connectivity index (χ1) is 8.67. The van der Waals surface area contributed by atoms with Crippen LogP contribution in [0.1, 0.15) is 52.5 Å². The molecule has 1 saturated carbocycles. The van der Waals surface area contributed by atoms with E-state index in [1.807, 2.05) is 6.20 Å². The highest BCUT2D eigenvalue weighted by molar-refractivity contribution is 9.10. The maximum atomic E-state index is 4.37. The van der Waals surface area contributed by atoms with Crippen molar-refractivity contribution < 1.29 is 0 Å². The lowest BCUT2D eigenvalue weighted by atomic mass is 9.63. The monoisotopic (exact) mass is 324 g/mol. The third kappa shape index (κ3) is 3.95. The summed E-state index contributed by atoms with van der Waals surface area (Å²) >= 11 is 3.45. The van der Waals surface area contributed by atoms with Gasteiger partial charge in [0.1, 0.15) is 4.60 Å². The SMILES string of the molecule is Cc1cc(NC2CC(C)(C)CC(C)(C)C2)cnc1Br. The molecule has 0 atom stereocenters. The van der Waals surface area contributed by atoms with E-state index in [1.54, 1.807) is 0 Å². The predicted molar refractivity (Wildman–Crippen MR) is 85.5 cm³/mol. The summed E-state index contributed by atoms with van der Waals surface area (Å²) in [6.07, 6.45) is 5.68. The van der Waals surface area contributed by atoms with Crippen molar-refractivity contribution in [2.75, 3.05) is 5.32 Å². The lowest BCUT2D eigenvalue weighted by Crippen LogP contribution is -2.40. The number of nitrogens with zero attached hydrogens (tertiary/aromatic N) is 1. The number of aryl methyl sites for hydroxylation is 1. The molecule has 0 spiro atoms. The number of nitrogens with one attached hydrogen (secondary N) is 1. The van der Waals surface area contributed by atoms with E-state index in [-0.39, 0.29) is 0 Å². The van der Waals surface area contributed by atoms with Gasteiger partial charge in [0.05, 0.1) is 11.9 Å². The van der Waals surface area contributed by atoms with Gasteiger partial charge in [0.15, 0.2) is 0 Å².